The number of rotatable bonds is 5. The van der Waals surface area contributed by atoms with Gasteiger partial charge < -0.3 is 24.8 Å². The third-order valence-electron chi connectivity index (χ3n) is 3.49. The second-order valence-electron chi connectivity index (χ2n) is 4.73. The Bertz CT molecular complexity index is 473. The minimum absolute atomic E-state index is 0.0473. The Labute approximate surface area is 118 Å². The molecule has 0 atom stereocenters. The average molecular weight is 280 g/mol. The van der Waals surface area contributed by atoms with Gasteiger partial charge in [-0.3, -0.25) is 4.79 Å². The van der Waals surface area contributed by atoms with Crippen LogP contribution in [0.5, 0.6) is 17.2 Å². The Morgan fingerprint density at radius 3 is 2.15 bits per heavy atom. The first kappa shape index (κ1) is 14.5. The molecule has 1 aromatic rings. The molecule has 6 nitrogen and oxygen atoms in total. The third kappa shape index (κ3) is 2.51. The number of likely N-dealkylation sites (tertiary alicyclic amines) is 1. The summed E-state index contributed by atoms with van der Waals surface area (Å²) < 4.78 is 15.7. The summed E-state index contributed by atoms with van der Waals surface area (Å²) >= 11 is 0. The summed E-state index contributed by atoms with van der Waals surface area (Å²) in [6.07, 6.45) is 0. The number of methoxy groups -OCH3 is 3. The highest BCUT2D eigenvalue weighted by molar-refractivity contribution is 5.96. The van der Waals surface area contributed by atoms with Gasteiger partial charge in [-0.05, 0) is 18.7 Å². The van der Waals surface area contributed by atoms with Crippen molar-refractivity contribution in [2.75, 3.05) is 41.0 Å². The SMILES string of the molecule is COc1cc(C(=O)N2CC(CN)C2)cc(OC)c1OC. The Balaban J connectivity index is 2.26. The van der Waals surface area contributed by atoms with Crippen LogP contribution in [0, 0.1) is 5.92 Å². The topological polar surface area (TPSA) is 74.0 Å². The molecular weight excluding hydrogens is 260 g/mol. The molecule has 0 unspecified atom stereocenters. The van der Waals surface area contributed by atoms with Crippen molar-refractivity contribution < 1.29 is 19.0 Å². The van der Waals surface area contributed by atoms with Crippen LogP contribution in [0.25, 0.3) is 0 Å². The summed E-state index contributed by atoms with van der Waals surface area (Å²) in [5, 5.41) is 0. The molecule has 6 heteroatoms. The Hall–Kier alpha value is -1.95. The maximum Gasteiger partial charge on any atom is 0.254 e. The summed E-state index contributed by atoms with van der Waals surface area (Å²) in [6.45, 7) is 2.01. The molecule has 1 saturated heterocycles. The molecule has 1 heterocycles. The van der Waals surface area contributed by atoms with Crippen LogP contribution in [0.3, 0.4) is 0 Å². The second kappa shape index (κ2) is 6.00. The number of nitrogens with zero attached hydrogens (tertiary/aromatic N) is 1. The highest BCUT2D eigenvalue weighted by Gasteiger charge is 2.31. The van der Waals surface area contributed by atoms with Gasteiger partial charge in [-0.15, -0.1) is 0 Å². The lowest BCUT2D eigenvalue weighted by Gasteiger charge is -2.38. The number of hydrogen-bond donors (Lipinski definition) is 1. The molecule has 1 aromatic carbocycles. The molecule has 1 aliphatic rings. The molecule has 0 spiro atoms. The van der Waals surface area contributed by atoms with Gasteiger partial charge in [0.25, 0.3) is 5.91 Å². The van der Waals surface area contributed by atoms with E-state index in [2.05, 4.69) is 0 Å². The van der Waals surface area contributed by atoms with Crippen LogP contribution < -0.4 is 19.9 Å². The quantitative estimate of drug-likeness (QED) is 0.861. The number of benzene rings is 1. The predicted octanol–water partition coefficient (Wildman–Crippen LogP) is 0.743. The van der Waals surface area contributed by atoms with E-state index in [0.29, 0.717) is 48.4 Å². The van der Waals surface area contributed by atoms with Crippen molar-refractivity contribution in [2.45, 2.75) is 0 Å². The van der Waals surface area contributed by atoms with E-state index in [9.17, 15) is 4.79 Å². The number of nitrogens with two attached hydrogens (primary N) is 1. The zero-order valence-electron chi connectivity index (χ0n) is 12.0. The van der Waals surface area contributed by atoms with Crippen molar-refractivity contribution in [3.63, 3.8) is 0 Å². The summed E-state index contributed by atoms with van der Waals surface area (Å²) in [5.41, 5.74) is 6.09. The molecule has 2 N–H and O–H groups in total. The largest absolute Gasteiger partial charge is 0.493 e. The standard InChI is InChI=1S/C14H20N2O4/c1-18-11-4-10(5-12(19-2)13(11)20-3)14(17)16-7-9(6-15)8-16/h4-5,9H,6-8,15H2,1-3H3. The lowest BCUT2D eigenvalue weighted by atomic mass is 9.99. The fraction of sp³-hybridized carbons (Fsp3) is 0.500. The van der Waals surface area contributed by atoms with Crippen molar-refractivity contribution in [3.05, 3.63) is 17.7 Å². The molecule has 1 fully saturated rings. The van der Waals surface area contributed by atoms with E-state index in [1.54, 1.807) is 17.0 Å². The molecule has 20 heavy (non-hydrogen) atoms. The van der Waals surface area contributed by atoms with Gasteiger partial charge in [-0.25, -0.2) is 0 Å². The molecule has 1 amide bonds. The van der Waals surface area contributed by atoms with Gasteiger partial charge in [-0.2, -0.15) is 0 Å². The number of ether oxygens (including phenoxy) is 3. The first-order chi connectivity index (χ1) is 9.64. The van der Waals surface area contributed by atoms with Crippen LogP contribution in [0.15, 0.2) is 12.1 Å². The van der Waals surface area contributed by atoms with E-state index in [1.807, 2.05) is 0 Å². The average Bonchev–Trinajstić information content (AvgIpc) is 2.44. The summed E-state index contributed by atoms with van der Waals surface area (Å²) in [5.74, 6) is 1.79. The Kier molecular flexibility index (Phi) is 4.34. The number of carbonyl (C=O) groups excluding carboxylic acids is 1. The van der Waals surface area contributed by atoms with Gasteiger partial charge in [0.05, 0.1) is 21.3 Å². The Morgan fingerprint density at radius 2 is 1.75 bits per heavy atom. The molecule has 0 saturated carbocycles. The van der Waals surface area contributed by atoms with Crippen molar-refractivity contribution in [1.29, 1.82) is 0 Å². The molecule has 110 valence electrons. The lowest BCUT2D eigenvalue weighted by Crippen LogP contribution is -2.52. The summed E-state index contributed by atoms with van der Waals surface area (Å²) in [4.78, 5) is 14.1. The van der Waals surface area contributed by atoms with E-state index in [0.717, 1.165) is 0 Å². The highest BCUT2D eigenvalue weighted by atomic mass is 16.5. The van der Waals surface area contributed by atoms with Gasteiger partial charge in [0.15, 0.2) is 11.5 Å². The maximum absolute atomic E-state index is 12.4. The molecule has 2 rings (SSSR count). The first-order valence-electron chi connectivity index (χ1n) is 6.43. The van der Waals surface area contributed by atoms with Crippen LogP contribution in [0.2, 0.25) is 0 Å². The lowest BCUT2D eigenvalue weighted by molar-refractivity contribution is 0.0514. The van der Waals surface area contributed by atoms with Crippen molar-refractivity contribution >= 4 is 5.91 Å². The van der Waals surface area contributed by atoms with E-state index in [1.165, 1.54) is 21.3 Å². The number of amides is 1. The van der Waals surface area contributed by atoms with Gasteiger partial charge in [0.2, 0.25) is 5.75 Å². The van der Waals surface area contributed by atoms with E-state index in [4.69, 9.17) is 19.9 Å². The number of carbonyl (C=O) groups is 1. The zero-order chi connectivity index (χ0) is 14.7. The molecule has 0 radical (unpaired) electrons. The minimum atomic E-state index is -0.0473. The summed E-state index contributed by atoms with van der Waals surface area (Å²) in [6, 6.07) is 3.33. The van der Waals surface area contributed by atoms with Crippen molar-refractivity contribution in [2.24, 2.45) is 11.7 Å². The number of hydrogen-bond acceptors (Lipinski definition) is 5. The van der Waals surface area contributed by atoms with Crippen molar-refractivity contribution in [1.82, 2.24) is 4.90 Å². The molecule has 1 aliphatic heterocycles. The predicted molar refractivity (Wildman–Crippen MR) is 74.5 cm³/mol. The fourth-order valence-corrected chi connectivity index (χ4v) is 2.27. The van der Waals surface area contributed by atoms with E-state index >= 15 is 0 Å². The normalized spacial score (nSPS) is 14.7. The molecule has 0 aliphatic carbocycles. The summed E-state index contributed by atoms with van der Waals surface area (Å²) in [7, 11) is 4.59. The highest BCUT2D eigenvalue weighted by Crippen LogP contribution is 2.38. The van der Waals surface area contributed by atoms with Crippen LogP contribution >= 0.6 is 0 Å². The van der Waals surface area contributed by atoms with Crippen LogP contribution in [-0.2, 0) is 0 Å². The van der Waals surface area contributed by atoms with E-state index < -0.39 is 0 Å². The van der Waals surface area contributed by atoms with Crippen molar-refractivity contribution in [3.8, 4) is 17.2 Å². The third-order valence-corrected chi connectivity index (χ3v) is 3.49. The molecule has 0 aromatic heterocycles. The zero-order valence-corrected chi connectivity index (χ0v) is 12.0. The maximum atomic E-state index is 12.4. The van der Waals surface area contributed by atoms with E-state index in [-0.39, 0.29) is 5.91 Å². The first-order valence-corrected chi connectivity index (χ1v) is 6.43. The van der Waals surface area contributed by atoms with Crippen LogP contribution in [-0.4, -0.2) is 51.8 Å². The second-order valence-corrected chi connectivity index (χ2v) is 4.73. The monoisotopic (exact) mass is 280 g/mol. The van der Waals surface area contributed by atoms with Gasteiger partial charge in [0.1, 0.15) is 0 Å². The Morgan fingerprint density at radius 1 is 1.20 bits per heavy atom. The van der Waals surface area contributed by atoms with Gasteiger partial charge >= 0.3 is 0 Å². The van der Waals surface area contributed by atoms with Crippen LogP contribution in [0.1, 0.15) is 10.4 Å². The van der Waals surface area contributed by atoms with Gasteiger partial charge in [0, 0.05) is 24.6 Å². The minimum Gasteiger partial charge on any atom is -0.493 e. The van der Waals surface area contributed by atoms with Crippen LogP contribution in [0.4, 0.5) is 0 Å². The molecule has 0 bridgehead atoms. The molecular formula is C14H20N2O4. The fourth-order valence-electron chi connectivity index (χ4n) is 2.27. The van der Waals surface area contributed by atoms with Gasteiger partial charge in [-0.1, -0.05) is 0 Å². The smallest absolute Gasteiger partial charge is 0.254 e.